The van der Waals surface area contributed by atoms with Gasteiger partial charge in [0.05, 0.1) is 0 Å². The molecule has 1 aromatic carbocycles. The van der Waals surface area contributed by atoms with Crippen LogP contribution in [0.2, 0.25) is 0 Å². The van der Waals surface area contributed by atoms with Gasteiger partial charge in [-0.05, 0) is 54.7 Å². The summed E-state index contributed by atoms with van der Waals surface area (Å²) in [6.07, 6.45) is 5.58. The second-order valence-corrected chi connectivity index (χ2v) is 6.21. The van der Waals surface area contributed by atoms with Gasteiger partial charge in [-0.3, -0.25) is 4.79 Å². The van der Waals surface area contributed by atoms with Crippen LogP contribution in [0.5, 0.6) is 0 Å². The number of benzene rings is 1. The van der Waals surface area contributed by atoms with Crippen LogP contribution in [0.15, 0.2) is 18.2 Å². The van der Waals surface area contributed by atoms with Crippen LogP contribution in [0.3, 0.4) is 0 Å². The van der Waals surface area contributed by atoms with E-state index in [1.54, 1.807) is 0 Å². The van der Waals surface area contributed by atoms with Gasteiger partial charge in [0.1, 0.15) is 6.04 Å². The minimum Gasteiger partial charge on any atom is -0.480 e. The number of rotatable bonds is 6. The van der Waals surface area contributed by atoms with E-state index in [9.17, 15) is 9.90 Å². The summed E-state index contributed by atoms with van der Waals surface area (Å²) in [4.78, 5) is 11.2. The quantitative estimate of drug-likeness (QED) is 0.838. The summed E-state index contributed by atoms with van der Waals surface area (Å²) in [6, 6.07) is 6.14. The molecule has 1 atom stereocenters. The van der Waals surface area contributed by atoms with E-state index in [0.717, 1.165) is 6.42 Å². The number of fused-ring (bicyclic) bond motifs is 1. The van der Waals surface area contributed by atoms with Crippen LogP contribution in [-0.4, -0.2) is 17.1 Å². The van der Waals surface area contributed by atoms with Crippen LogP contribution in [0.4, 0.5) is 0 Å². The van der Waals surface area contributed by atoms with Gasteiger partial charge in [0, 0.05) is 6.54 Å². The zero-order valence-corrected chi connectivity index (χ0v) is 12.5. The third-order valence-corrected chi connectivity index (χ3v) is 3.97. The molecule has 2 rings (SSSR count). The Hall–Kier alpha value is -1.35. The van der Waals surface area contributed by atoms with Gasteiger partial charge in [-0.15, -0.1) is 0 Å². The summed E-state index contributed by atoms with van der Waals surface area (Å²) in [6.45, 7) is 4.74. The third-order valence-electron chi connectivity index (χ3n) is 3.97. The molecule has 0 heterocycles. The molecular weight excluding hydrogens is 250 g/mol. The monoisotopic (exact) mass is 275 g/mol. The molecule has 0 bridgehead atoms. The molecule has 110 valence electrons. The standard InChI is InChI=1S/C17H25NO2/c1-12(2)9-16(17(19)20)18-11-13-7-8-14-5-3-4-6-15(14)10-13/h7-8,10,12,16,18H,3-6,9,11H2,1-2H3,(H,19,20). The molecule has 3 nitrogen and oxygen atoms in total. The predicted octanol–water partition coefficient (Wildman–Crippen LogP) is 3.15. The summed E-state index contributed by atoms with van der Waals surface area (Å²) >= 11 is 0. The Balaban J connectivity index is 1.97. The van der Waals surface area contributed by atoms with E-state index in [4.69, 9.17) is 0 Å². The second kappa shape index (κ2) is 6.89. The average molecular weight is 275 g/mol. The molecule has 1 unspecified atom stereocenters. The van der Waals surface area contributed by atoms with Crippen molar-refractivity contribution in [3.8, 4) is 0 Å². The van der Waals surface area contributed by atoms with Gasteiger partial charge in [-0.2, -0.15) is 0 Å². The van der Waals surface area contributed by atoms with Crippen LogP contribution in [0, 0.1) is 5.92 Å². The largest absolute Gasteiger partial charge is 0.480 e. The van der Waals surface area contributed by atoms with E-state index in [0.29, 0.717) is 18.9 Å². The van der Waals surface area contributed by atoms with Gasteiger partial charge in [0.15, 0.2) is 0 Å². The lowest BCUT2D eigenvalue weighted by molar-refractivity contribution is -0.140. The van der Waals surface area contributed by atoms with Crippen molar-refractivity contribution in [3.05, 3.63) is 34.9 Å². The van der Waals surface area contributed by atoms with Gasteiger partial charge >= 0.3 is 5.97 Å². The molecule has 0 saturated heterocycles. The highest BCUT2D eigenvalue weighted by Gasteiger charge is 2.18. The normalized spacial score (nSPS) is 15.9. The van der Waals surface area contributed by atoms with Crippen molar-refractivity contribution in [2.24, 2.45) is 5.92 Å². The first-order valence-electron chi connectivity index (χ1n) is 7.63. The summed E-state index contributed by atoms with van der Waals surface area (Å²) in [5, 5.41) is 12.4. The lowest BCUT2D eigenvalue weighted by Gasteiger charge is -2.19. The van der Waals surface area contributed by atoms with E-state index >= 15 is 0 Å². The first-order chi connectivity index (χ1) is 9.56. The summed E-state index contributed by atoms with van der Waals surface area (Å²) in [5.41, 5.74) is 4.11. The Labute approximate surface area is 121 Å². The van der Waals surface area contributed by atoms with Gasteiger partial charge in [0.2, 0.25) is 0 Å². The molecular formula is C17H25NO2. The Morgan fingerprint density at radius 2 is 1.95 bits per heavy atom. The maximum absolute atomic E-state index is 11.2. The smallest absolute Gasteiger partial charge is 0.320 e. The zero-order valence-electron chi connectivity index (χ0n) is 12.5. The van der Waals surface area contributed by atoms with Crippen LogP contribution in [-0.2, 0) is 24.2 Å². The van der Waals surface area contributed by atoms with Crippen molar-refractivity contribution in [1.82, 2.24) is 5.32 Å². The Morgan fingerprint density at radius 3 is 2.60 bits per heavy atom. The number of aliphatic carboxylic acids is 1. The Morgan fingerprint density at radius 1 is 1.25 bits per heavy atom. The zero-order chi connectivity index (χ0) is 14.5. The highest BCUT2D eigenvalue weighted by atomic mass is 16.4. The minimum absolute atomic E-state index is 0.382. The predicted molar refractivity (Wildman–Crippen MR) is 80.8 cm³/mol. The average Bonchev–Trinajstić information content (AvgIpc) is 2.42. The van der Waals surface area contributed by atoms with E-state index in [1.165, 1.54) is 36.0 Å². The fourth-order valence-corrected chi connectivity index (χ4v) is 2.88. The van der Waals surface area contributed by atoms with Gasteiger partial charge in [-0.25, -0.2) is 0 Å². The molecule has 0 amide bonds. The second-order valence-electron chi connectivity index (χ2n) is 6.21. The maximum Gasteiger partial charge on any atom is 0.320 e. The first kappa shape index (κ1) is 15.0. The van der Waals surface area contributed by atoms with Gasteiger partial charge in [0.25, 0.3) is 0 Å². The highest BCUT2D eigenvalue weighted by molar-refractivity contribution is 5.73. The maximum atomic E-state index is 11.2. The number of carbonyl (C=O) groups is 1. The molecule has 3 heteroatoms. The third kappa shape index (κ3) is 4.07. The number of carboxylic acids is 1. The lowest BCUT2D eigenvalue weighted by atomic mass is 9.90. The molecule has 0 saturated carbocycles. The SMILES string of the molecule is CC(C)CC(NCc1ccc2c(c1)CCCC2)C(=O)O. The molecule has 0 aromatic heterocycles. The Kier molecular flexibility index (Phi) is 5.18. The molecule has 1 aliphatic rings. The van der Waals surface area contributed by atoms with E-state index < -0.39 is 12.0 Å². The number of nitrogens with one attached hydrogen (secondary N) is 1. The van der Waals surface area contributed by atoms with Crippen LogP contribution < -0.4 is 5.32 Å². The summed E-state index contributed by atoms with van der Waals surface area (Å²) in [5.74, 6) is -0.371. The number of carboxylic acid groups (broad SMARTS) is 1. The fourth-order valence-electron chi connectivity index (χ4n) is 2.88. The number of hydrogen-bond acceptors (Lipinski definition) is 2. The van der Waals surface area contributed by atoms with Crippen LogP contribution in [0.1, 0.15) is 49.8 Å². The topological polar surface area (TPSA) is 49.3 Å². The van der Waals surface area contributed by atoms with E-state index in [-0.39, 0.29) is 0 Å². The fraction of sp³-hybridized carbons (Fsp3) is 0.588. The van der Waals surface area contributed by atoms with Crippen molar-refractivity contribution in [2.45, 2.75) is 58.5 Å². The van der Waals surface area contributed by atoms with E-state index in [2.05, 4.69) is 37.4 Å². The summed E-state index contributed by atoms with van der Waals surface area (Å²) in [7, 11) is 0. The molecule has 0 aliphatic heterocycles. The first-order valence-corrected chi connectivity index (χ1v) is 7.63. The Bertz CT molecular complexity index is 468. The van der Waals surface area contributed by atoms with Gasteiger partial charge in [-0.1, -0.05) is 32.0 Å². The molecule has 0 radical (unpaired) electrons. The molecule has 20 heavy (non-hydrogen) atoms. The lowest BCUT2D eigenvalue weighted by Crippen LogP contribution is -2.37. The van der Waals surface area contributed by atoms with Crippen molar-refractivity contribution in [2.75, 3.05) is 0 Å². The molecule has 1 aliphatic carbocycles. The van der Waals surface area contributed by atoms with E-state index in [1.807, 2.05) is 0 Å². The van der Waals surface area contributed by atoms with Crippen molar-refractivity contribution < 1.29 is 9.90 Å². The molecule has 1 aromatic rings. The summed E-state index contributed by atoms with van der Waals surface area (Å²) < 4.78 is 0. The molecule has 2 N–H and O–H groups in total. The number of hydrogen-bond donors (Lipinski definition) is 2. The molecule has 0 spiro atoms. The van der Waals surface area contributed by atoms with Crippen molar-refractivity contribution in [1.29, 1.82) is 0 Å². The molecule has 0 fully saturated rings. The van der Waals surface area contributed by atoms with Crippen LogP contribution in [0.25, 0.3) is 0 Å². The van der Waals surface area contributed by atoms with Crippen LogP contribution >= 0.6 is 0 Å². The van der Waals surface area contributed by atoms with Crippen molar-refractivity contribution in [3.63, 3.8) is 0 Å². The highest BCUT2D eigenvalue weighted by Crippen LogP contribution is 2.22. The van der Waals surface area contributed by atoms with Gasteiger partial charge < -0.3 is 10.4 Å². The minimum atomic E-state index is -0.753. The van der Waals surface area contributed by atoms with Crippen molar-refractivity contribution >= 4 is 5.97 Å². The number of aryl methyl sites for hydroxylation is 2.